The van der Waals surface area contributed by atoms with Gasteiger partial charge in [-0.25, -0.2) is 4.98 Å². The fourth-order valence-electron chi connectivity index (χ4n) is 5.95. The van der Waals surface area contributed by atoms with Crippen molar-refractivity contribution in [2.75, 3.05) is 11.9 Å². The molecular weight excluding hydrogens is 558 g/mol. The van der Waals surface area contributed by atoms with E-state index in [1.807, 2.05) is 0 Å². The summed E-state index contributed by atoms with van der Waals surface area (Å²) < 4.78 is 29.3. The molecule has 2 saturated heterocycles. The van der Waals surface area contributed by atoms with Crippen LogP contribution in [0.4, 0.5) is 5.95 Å². The molecule has 2 aliphatic rings. The number of hydrogen-bond donors (Lipinski definition) is 2. The fourth-order valence-corrected chi connectivity index (χ4v) is 17.4. The van der Waals surface area contributed by atoms with E-state index in [0.717, 1.165) is 0 Å². The highest BCUT2D eigenvalue weighted by Gasteiger charge is 2.64. The first-order chi connectivity index (χ1) is 18.1. The van der Waals surface area contributed by atoms with E-state index in [0.29, 0.717) is 11.2 Å². The second-order valence-electron chi connectivity index (χ2n) is 12.1. The van der Waals surface area contributed by atoms with Crippen LogP contribution in [-0.4, -0.2) is 72.1 Å². The van der Waals surface area contributed by atoms with Crippen molar-refractivity contribution in [1.29, 1.82) is 0 Å². The standard InChI is InChI=1S/C25H42ClN5O6Si2/c1-13(2)38(14(3)4)34-11-18-20(36-39(37-38,15(5)6)16(7)8)25(10,33)23(35-18)31-12-27-19-21(26)29-24(28-17(9)32)30-22(19)31/h12-16,18,20,23,33H,11H2,1-10H3,(H,28,29,30,32)/t18-,20-,23-,25+/m1/s1. The molecule has 0 aromatic carbocycles. The molecule has 2 aromatic heterocycles. The molecule has 39 heavy (non-hydrogen) atoms. The van der Waals surface area contributed by atoms with E-state index >= 15 is 0 Å². The quantitative estimate of drug-likeness (QED) is 0.346. The van der Waals surface area contributed by atoms with Gasteiger partial charge in [0.25, 0.3) is 0 Å². The van der Waals surface area contributed by atoms with E-state index in [1.54, 1.807) is 11.5 Å². The van der Waals surface area contributed by atoms with E-state index in [1.165, 1.54) is 13.3 Å². The lowest BCUT2D eigenvalue weighted by molar-refractivity contribution is -0.114. The highest BCUT2D eigenvalue weighted by Crippen LogP contribution is 2.51. The molecule has 2 aromatic rings. The maximum atomic E-state index is 12.1. The van der Waals surface area contributed by atoms with E-state index < -0.39 is 41.2 Å². The number of imidazole rings is 1. The number of halogens is 1. The predicted octanol–water partition coefficient (Wildman–Crippen LogP) is 5.04. The molecule has 4 rings (SSSR count). The lowest BCUT2D eigenvalue weighted by Gasteiger charge is -2.52. The van der Waals surface area contributed by atoms with Crippen LogP contribution < -0.4 is 5.32 Å². The molecule has 2 fully saturated rings. The Morgan fingerprint density at radius 3 is 2.23 bits per heavy atom. The Bertz CT molecular complexity index is 1210. The molecule has 0 spiro atoms. The molecule has 1 amide bonds. The van der Waals surface area contributed by atoms with Gasteiger partial charge < -0.3 is 22.8 Å². The number of nitrogens with zero attached hydrogens (tertiary/aromatic N) is 4. The van der Waals surface area contributed by atoms with E-state index in [9.17, 15) is 9.90 Å². The molecule has 0 bridgehead atoms. The van der Waals surface area contributed by atoms with Gasteiger partial charge in [-0.2, -0.15) is 9.97 Å². The number of hydrogen-bond acceptors (Lipinski definition) is 9. The highest BCUT2D eigenvalue weighted by atomic mass is 35.5. The normalized spacial score (nSPS) is 28.8. The molecule has 0 saturated carbocycles. The topological polar surface area (TPSA) is 130 Å². The van der Waals surface area contributed by atoms with Crippen molar-refractivity contribution in [2.24, 2.45) is 0 Å². The average molecular weight is 600 g/mol. The van der Waals surface area contributed by atoms with E-state index in [2.05, 4.69) is 75.7 Å². The molecule has 4 atom stereocenters. The average Bonchev–Trinajstić information content (AvgIpc) is 3.31. The van der Waals surface area contributed by atoms with Gasteiger partial charge in [-0.1, -0.05) is 67.0 Å². The molecule has 2 N–H and O–H groups in total. The summed E-state index contributed by atoms with van der Waals surface area (Å²) in [5.41, 5.74) is -0.295. The molecule has 0 radical (unpaired) electrons. The van der Waals surface area contributed by atoms with Crippen LogP contribution in [0.2, 0.25) is 27.3 Å². The van der Waals surface area contributed by atoms with Gasteiger partial charge in [-0.15, -0.1) is 0 Å². The van der Waals surface area contributed by atoms with Gasteiger partial charge in [-0.3, -0.25) is 14.7 Å². The molecule has 14 heteroatoms. The molecular formula is C25H42ClN5O6Si2. The molecule has 0 unspecified atom stereocenters. The first-order valence-corrected chi connectivity index (χ1v) is 18.0. The number of nitrogens with one attached hydrogen (secondary N) is 1. The summed E-state index contributed by atoms with van der Waals surface area (Å²) in [7, 11) is -5.75. The number of rotatable bonds is 6. The number of fused-ring (bicyclic) bond motifs is 2. The van der Waals surface area contributed by atoms with Crippen LogP contribution >= 0.6 is 11.6 Å². The zero-order valence-corrected chi connectivity index (χ0v) is 27.2. The van der Waals surface area contributed by atoms with Crippen LogP contribution in [0, 0.1) is 0 Å². The van der Waals surface area contributed by atoms with Gasteiger partial charge >= 0.3 is 17.1 Å². The second kappa shape index (κ2) is 10.7. The van der Waals surface area contributed by atoms with Crippen LogP contribution in [0.25, 0.3) is 11.2 Å². The molecule has 4 heterocycles. The summed E-state index contributed by atoms with van der Waals surface area (Å²) in [4.78, 5) is 24.6. The number of aliphatic hydroxyl groups is 1. The van der Waals surface area contributed by atoms with Crippen LogP contribution in [0.3, 0.4) is 0 Å². The predicted molar refractivity (Wildman–Crippen MR) is 153 cm³/mol. The third-order valence-corrected chi connectivity index (χ3v) is 18.5. The molecule has 218 valence electrons. The number of amides is 1. The van der Waals surface area contributed by atoms with Crippen molar-refractivity contribution < 1.29 is 27.6 Å². The van der Waals surface area contributed by atoms with Gasteiger partial charge in [0.2, 0.25) is 11.9 Å². The summed E-state index contributed by atoms with van der Waals surface area (Å²) in [5.74, 6) is -0.301. The Hall–Kier alpha value is -1.46. The number of anilines is 1. The van der Waals surface area contributed by atoms with Crippen molar-refractivity contribution in [3.63, 3.8) is 0 Å². The third-order valence-electron chi connectivity index (χ3n) is 7.96. The maximum absolute atomic E-state index is 12.1. The summed E-state index contributed by atoms with van der Waals surface area (Å²) in [5, 5.41) is 14.7. The summed E-state index contributed by atoms with van der Waals surface area (Å²) >= 11 is 6.37. The van der Waals surface area contributed by atoms with Crippen LogP contribution in [-0.2, 0) is 22.5 Å². The van der Waals surface area contributed by atoms with Crippen LogP contribution in [0.1, 0.15) is 75.5 Å². The maximum Gasteiger partial charge on any atom is 0.335 e. The van der Waals surface area contributed by atoms with Crippen molar-refractivity contribution in [1.82, 2.24) is 19.5 Å². The smallest absolute Gasteiger partial charge is 0.335 e. The zero-order chi connectivity index (χ0) is 29.1. The Balaban J connectivity index is 1.83. The first-order valence-electron chi connectivity index (χ1n) is 13.6. The Kier molecular flexibility index (Phi) is 8.40. The Morgan fingerprint density at radius 1 is 1.10 bits per heavy atom. The minimum absolute atomic E-state index is 0.0362. The number of ether oxygens (including phenoxy) is 1. The van der Waals surface area contributed by atoms with Gasteiger partial charge in [-0.05, 0) is 29.1 Å². The van der Waals surface area contributed by atoms with Crippen molar-refractivity contribution in [3.05, 3.63) is 11.5 Å². The van der Waals surface area contributed by atoms with Gasteiger partial charge in [0, 0.05) is 6.92 Å². The lowest BCUT2D eigenvalue weighted by atomic mass is 9.96. The number of carbonyl (C=O) groups is 1. The molecule has 11 nitrogen and oxygen atoms in total. The summed E-state index contributed by atoms with van der Waals surface area (Å²) in [6.07, 6.45) is -0.701. The van der Waals surface area contributed by atoms with Gasteiger partial charge in [0.15, 0.2) is 17.0 Å². The van der Waals surface area contributed by atoms with Gasteiger partial charge in [0.05, 0.1) is 12.9 Å². The largest absolute Gasteiger partial charge is 0.414 e. The monoisotopic (exact) mass is 599 g/mol. The van der Waals surface area contributed by atoms with E-state index in [-0.39, 0.29) is 45.8 Å². The van der Waals surface area contributed by atoms with Crippen molar-refractivity contribution in [3.8, 4) is 0 Å². The number of carbonyl (C=O) groups excluding carboxylic acids is 1. The minimum atomic E-state index is -2.98. The molecule has 0 aliphatic carbocycles. The SMILES string of the molecule is CC(=O)Nc1nc(Cl)c2ncn([C@@H]3O[C@@H]4CO[Si](C(C)C)(C(C)C)O[Si](C(C)C)(C(C)C)O[C@H]4[C@]3(C)O)c2n1. The second-order valence-corrected chi connectivity index (χ2v) is 21.3. The zero-order valence-electron chi connectivity index (χ0n) is 24.5. The van der Waals surface area contributed by atoms with E-state index in [4.69, 9.17) is 29.3 Å². The highest BCUT2D eigenvalue weighted by molar-refractivity contribution is 6.84. The van der Waals surface area contributed by atoms with Gasteiger partial charge in [0.1, 0.15) is 23.3 Å². The first kappa shape index (κ1) is 30.5. The van der Waals surface area contributed by atoms with Crippen LogP contribution in [0.5, 0.6) is 0 Å². The third kappa shape index (κ3) is 5.09. The minimum Gasteiger partial charge on any atom is -0.414 e. The fraction of sp³-hybridized carbons (Fsp3) is 0.760. The van der Waals surface area contributed by atoms with Crippen LogP contribution in [0.15, 0.2) is 6.33 Å². The summed E-state index contributed by atoms with van der Waals surface area (Å²) in [6.45, 7) is 20.5. The number of aromatic nitrogens is 4. The van der Waals surface area contributed by atoms with Crippen molar-refractivity contribution in [2.45, 2.75) is 115 Å². The Morgan fingerprint density at radius 2 is 1.69 bits per heavy atom. The Labute approximate surface area is 237 Å². The molecule has 2 aliphatic heterocycles. The van der Waals surface area contributed by atoms with Crippen molar-refractivity contribution >= 4 is 51.7 Å². The summed E-state index contributed by atoms with van der Waals surface area (Å²) in [6, 6.07) is 0. The lowest BCUT2D eigenvalue weighted by Crippen LogP contribution is -2.66.